The molecule has 0 aliphatic rings. The molecule has 215 valence electrons. The van der Waals surface area contributed by atoms with Gasteiger partial charge in [-0.15, -0.1) is 6.07 Å². The number of hydrogen-bond donors (Lipinski definition) is 1. The number of carbonyl (C=O) groups is 1. The van der Waals surface area contributed by atoms with Crippen LogP contribution in [0.15, 0.2) is 95.6 Å². The van der Waals surface area contributed by atoms with E-state index in [1.54, 1.807) is 6.26 Å². The molecule has 0 aliphatic carbocycles. The molecule has 0 amide bonds. The molecule has 0 atom stereocenters. The van der Waals surface area contributed by atoms with E-state index in [9.17, 15) is 4.79 Å². The molecular formula is C36H33IrN2O3-. The molecule has 0 aliphatic heterocycles. The van der Waals surface area contributed by atoms with Crippen LogP contribution in [0.3, 0.4) is 0 Å². The number of hydrogen-bond acceptors (Lipinski definition) is 5. The van der Waals surface area contributed by atoms with E-state index in [2.05, 4.69) is 86.4 Å². The number of aliphatic hydroxyl groups excluding tert-OH is 1. The molecule has 0 saturated heterocycles. The van der Waals surface area contributed by atoms with Gasteiger partial charge in [-0.05, 0) is 71.3 Å². The zero-order chi connectivity index (χ0) is 29.3. The molecule has 1 N–H and O–H groups in total. The topological polar surface area (TPSA) is 76.2 Å². The van der Waals surface area contributed by atoms with Gasteiger partial charge in [-0.2, -0.15) is 0 Å². The SMILES string of the molecule is CC(=O)/C=C(/C)O.Cc1cnc2c(c1)c(-c1cc(-c3ccc4cc(C(C)(C)C)ccc4c3)ccn1)[c-]c1ccoc12.[Ir]. The Hall–Kier alpha value is -4.12. The molecule has 0 spiro atoms. The molecule has 3 aromatic heterocycles. The summed E-state index contributed by atoms with van der Waals surface area (Å²) in [6, 6.07) is 25.2. The second kappa shape index (κ2) is 12.4. The fraction of sp³-hybridized carbons (Fsp3) is 0.194. The van der Waals surface area contributed by atoms with Crippen LogP contribution in [0, 0.1) is 13.0 Å². The quantitative estimate of drug-likeness (QED) is 0.112. The summed E-state index contributed by atoms with van der Waals surface area (Å²) in [5, 5.41) is 12.8. The predicted octanol–water partition coefficient (Wildman–Crippen LogP) is 9.30. The first kappa shape index (κ1) is 30.8. The molecule has 1 radical (unpaired) electrons. The first-order valence-electron chi connectivity index (χ1n) is 13.6. The average molecular weight is 734 g/mol. The number of pyridine rings is 2. The van der Waals surface area contributed by atoms with Crippen molar-refractivity contribution in [2.75, 3.05) is 0 Å². The summed E-state index contributed by atoms with van der Waals surface area (Å²) < 4.78 is 5.71. The molecule has 0 bridgehead atoms. The minimum absolute atomic E-state index is 0. The van der Waals surface area contributed by atoms with Crippen LogP contribution in [0.4, 0.5) is 0 Å². The normalized spacial score (nSPS) is 11.7. The summed E-state index contributed by atoms with van der Waals surface area (Å²) in [4.78, 5) is 19.4. The third kappa shape index (κ3) is 6.67. The smallest absolute Gasteiger partial charge is 0.155 e. The molecular weight excluding hydrogens is 701 g/mol. The van der Waals surface area contributed by atoms with E-state index >= 15 is 0 Å². The van der Waals surface area contributed by atoms with E-state index < -0.39 is 0 Å². The number of nitrogens with zero attached hydrogens (tertiary/aromatic N) is 2. The fourth-order valence-electron chi connectivity index (χ4n) is 4.87. The van der Waals surface area contributed by atoms with Crippen molar-refractivity contribution in [3.05, 3.63) is 108 Å². The van der Waals surface area contributed by atoms with Gasteiger partial charge in [0.15, 0.2) is 5.78 Å². The number of ketones is 1. The third-order valence-electron chi connectivity index (χ3n) is 6.90. The van der Waals surface area contributed by atoms with E-state index in [-0.39, 0.29) is 37.1 Å². The molecule has 3 aromatic carbocycles. The standard InChI is InChI=1S/C31H25N2O.C5H8O2.Ir/c1-19-13-27-26(16-24-10-12-34-30(24)29(27)33-18-19)28-17-23(9-11-32-28)20-5-6-22-15-25(31(2,3)4)8-7-21(22)14-20;1-4(6)3-5(2)7;/h5-15,17-18H,1-4H3;3,6H,1-2H3;/q-1;;/b;4-3-;. The molecule has 6 rings (SSSR count). The van der Waals surface area contributed by atoms with Gasteiger partial charge in [-0.3, -0.25) is 14.8 Å². The van der Waals surface area contributed by atoms with Gasteiger partial charge in [-0.25, -0.2) is 0 Å². The molecule has 42 heavy (non-hydrogen) atoms. The molecule has 0 saturated carbocycles. The van der Waals surface area contributed by atoms with Crippen molar-refractivity contribution in [3.63, 3.8) is 0 Å². The second-order valence-corrected chi connectivity index (χ2v) is 11.4. The number of fused-ring (bicyclic) bond motifs is 4. The van der Waals surface area contributed by atoms with Gasteiger partial charge in [0.05, 0.1) is 11.3 Å². The van der Waals surface area contributed by atoms with Crippen molar-refractivity contribution >= 4 is 38.4 Å². The van der Waals surface area contributed by atoms with Crippen LogP contribution in [0.5, 0.6) is 0 Å². The number of aryl methyl sites for hydroxylation is 1. The summed E-state index contributed by atoms with van der Waals surface area (Å²) in [5.41, 5.74) is 8.29. The number of carbonyl (C=O) groups excluding carboxylic acids is 1. The molecule has 5 nitrogen and oxygen atoms in total. The monoisotopic (exact) mass is 734 g/mol. The van der Waals surface area contributed by atoms with Crippen LogP contribution < -0.4 is 0 Å². The van der Waals surface area contributed by atoms with Crippen LogP contribution in [-0.2, 0) is 30.3 Å². The summed E-state index contributed by atoms with van der Waals surface area (Å²) >= 11 is 0. The van der Waals surface area contributed by atoms with Crippen LogP contribution in [0.2, 0.25) is 0 Å². The Morgan fingerprint density at radius 2 is 1.64 bits per heavy atom. The van der Waals surface area contributed by atoms with E-state index in [1.807, 2.05) is 25.4 Å². The van der Waals surface area contributed by atoms with Gasteiger partial charge < -0.3 is 9.52 Å². The summed E-state index contributed by atoms with van der Waals surface area (Å²) in [5.74, 6) is -0.0625. The summed E-state index contributed by atoms with van der Waals surface area (Å²) in [6.07, 6.45) is 6.61. The number of furan rings is 1. The maximum absolute atomic E-state index is 10.0. The maximum Gasteiger partial charge on any atom is 0.155 e. The van der Waals surface area contributed by atoms with Gasteiger partial charge in [0.25, 0.3) is 0 Å². The Morgan fingerprint density at radius 1 is 0.929 bits per heavy atom. The molecule has 6 heteroatoms. The van der Waals surface area contributed by atoms with Crippen molar-refractivity contribution in [1.29, 1.82) is 0 Å². The van der Waals surface area contributed by atoms with Gasteiger partial charge in [0, 0.05) is 56.0 Å². The zero-order valence-electron chi connectivity index (χ0n) is 24.6. The van der Waals surface area contributed by atoms with E-state index in [0.717, 1.165) is 44.3 Å². The van der Waals surface area contributed by atoms with Crippen LogP contribution in [-0.4, -0.2) is 20.9 Å². The predicted molar refractivity (Wildman–Crippen MR) is 167 cm³/mol. The van der Waals surface area contributed by atoms with Gasteiger partial charge in [0.2, 0.25) is 0 Å². The Kier molecular flexibility index (Phi) is 9.10. The fourth-order valence-corrected chi connectivity index (χ4v) is 4.87. The number of allylic oxidation sites excluding steroid dienone is 2. The van der Waals surface area contributed by atoms with Gasteiger partial charge in [-0.1, -0.05) is 85.6 Å². The molecule has 0 fully saturated rings. The van der Waals surface area contributed by atoms with Crippen LogP contribution in [0.25, 0.3) is 55.0 Å². The third-order valence-corrected chi connectivity index (χ3v) is 6.90. The summed E-state index contributed by atoms with van der Waals surface area (Å²) in [7, 11) is 0. The Balaban J connectivity index is 0.000000454. The first-order chi connectivity index (χ1) is 19.5. The average Bonchev–Trinajstić information content (AvgIpc) is 3.40. The van der Waals surface area contributed by atoms with E-state index in [4.69, 9.17) is 14.5 Å². The van der Waals surface area contributed by atoms with E-state index in [1.165, 1.54) is 41.8 Å². The van der Waals surface area contributed by atoms with Crippen molar-refractivity contribution < 1.29 is 34.4 Å². The number of aromatic nitrogens is 2. The van der Waals surface area contributed by atoms with Gasteiger partial charge >= 0.3 is 0 Å². The van der Waals surface area contributed by atoms with Crippen molar-refractivity contribution in [2.24, 2.45) is 0 Å². The number of rotatable bonds is 3. The van der Waals surface area contributed by atoms with Gasteiger partial charge in [0.1, 0.15) is 0 Å². The second-order valence-electron chi connectivity index (χ2n) is 11.4. The first-order valence-corrected chi connectivity index (χ1v) is 13.6. The minimum Gasteiger partial charge on any atom is -0.512 e. The molecule has 3 heterocycles. The van der Waals surface area contributed by atoms with Crippen molar-refractivity contribution in [3.8, 4) is 22.4 Å². The maximum atomic E-state index is 10.0. The van der Waals surface area contributed by atoms with Crippen LogP contribution in [0.1, 0.15) is 45.7 Å². The zero-order valence-corrected chi connectivity index (χ0v) is 27.0. The number of aliphatic hydroxyl groups is 1. The van der Waals surface area contributed by atoms with Crippen LogP contribution >= 0.6 is 0 Å². The summed E-state index contributed by atoms with van der Waals surface area (Å²) in [6.45, 7) is 11.6. The molecule has 6 aromatic rings. The largest absolute Gasteiger partial charge is 0.512 e. The molecule has 0 unspecified atom stereocenters. The van der Waals surface area contributed by atoms with E-state index in [0.29, 0.717) is 0 Å². The Morgan fingerprint density at radius 3 is 2.33 bits per heavy atom. The van der Waals surface area contributed by atoms with Crippen molar-refractivity contribution in [1.82, 2.24) is 9.97 Å². The Labute approximate surface area is 259 Å². The number of benzene rings is 3. The Bertz CT molecular complexity index is 1940. The minimum atomic E-state index is -0.125. The van der Waals surface area contributed by atoms with Crippen molar-refractivity contribution in [2.45, 2.75) is 47.0 Å².